The molecule has 0 spiro atoms. The summed E-state index contributed by atoms with van der Waals surface area (Å²) in [6, 6.07) is 0. The third-order valence-corrected chi connectivity index (χ3v) is 8.67. The van der Waals surface area contributed by atoms with Crippen LogP contribution in [0.1, 0.15) is 142 Å². The maximum atomic E-state index is 12.6. The van der Waals surface area contributed by atoms with Crippen LogP contribution in [0.25, 0.3) is 0 Å². The van der Waals surface area contributed by atoms with Crippen LogP contribution in [0.15, 0.2) is 36.5 Å². The Morgan fingerprint density at radius 3 is 1.77 bits per heavy atom. The van der Waals surface area contributed by atoms with Crippen LogP contribution in [-0.4, -0.2) is 74.9 Å². The normalized spacial score (nSPS) is 14.2. The molecule has 0 saturated heterocycles. The molecular formula is C38H71NO8P+. The molecule has 0 aromatic carbocycles. The molecule has 48 heavy (non-hydrogen) atoms. The van der Waals surface area contributed by atoms with Gasteiger partial charge in [0.25, 0.3) is 0 Å². The minimum atomic E-state index is -4.37. The number of likely N-dealkylation sites (N-methyl/N-ethyl adjacent to an activating group) is 1. The first-order valence-electron chi connectivity index (χ1n) is 18.7. The van der Waals surface area contributed by atoms with Crippen molar-refractivity contribution in [2.75, 3.05) is 47.5 Å². The van der Waals surface area contributed by atoms with Crippen LogP contribution in [0.4, 0.5) is 0 Å². The van der Waals surface area contributed by atoms with Crippen molar-refractivity contribution in [2.24, 2.45) is 0 Å². The third-order valence-electron chi connectivity index (χ3n) is 7.68. The Labute approximate surface area is 293 Å². The van der Waals surface area contributed by atoms with E-state index in [4.69, 9.17) is 18.5 Å². The van der Waals surface area contributed by atoms with Gasteiger partial charge in [0.2, 0.25) is 0 Å². The Morgan fingerprint density at radius 1 is 0.667 bits per heavy atom. The fourth-order valence-electron chi connectivity index (χ4n) is 4.73. The molecule has 0 rings (SSSR count). The summed E-state index contributed by atoms with van der Waals surface area (Å²) < 4.78 is 34.1. The highest BCUT2D eigenvalue weighted by atomic mass is 31.2. The van der Waals surface area contributed by atoms with E-state index in [1.165, 1.54) is 38.5 Å². The number of hydrogen-bond donors (Lipinski definition) is 1. The molecule has 2 atom stereocenters. The molecule has 0 aliphatic carbocycles. The average Bonchev–Trinajstić information content (AvgIpc) is 3.02. The van der Waals surface area contributed by atoms with Gasteiger partial charge in [0.05, 0.1) is 27.7 Å². The molecule has 0 amide bonds. The van der Waals surface area contributed by atoms with Crippen molar-refractivity contribution in [3.8, 4) is 0 Å². The maximum absolute atomic E-state index is 12.6. The van der Waals surface area contributed by atoms with E-state index >= 15 is 0 Å². The van der Waals surface area contributed by atoms with Gasteiger partial charge in [0.15, 0.2) is 6.10 Å². The summed E-state index contributed by atoms with van der Waals surface area (Å²) in [5.74, 6) is -0.824. The minimum Gasteiger partial charge on any atom is -0.462 e. The van der Waals surface area contributed by atoms with Crippen molar-refractivity contribution in [1.82, 2.24) is 0 Å². The lowest BCUT2D eigenvalue weighted by molar-refractivity contribution is -0.870. The second-order valence-electron chi connectivity index (χ2n) is 13.6. The van der Waals surface area contributed by atoms with E-state index in [0.29, 0.717) is 17.4 Å². The van der Waals surface area contributed by atoms with Crippen LogP contribution < -0.4 is 0 Å². The number of carbonyl (C=O) groups excluding carboxylic acids is 2. The summed E-state index contributed by atoms with van der Waals surface area (Å²) in [5, 5.41) is 0. The van der Waals surface area contributed by atoms with Gasteiger partial charge in [-0.25, -0.2) is 4.57 Å². The Morgan fingerprint density at radius 2 is 1.19 bits per heavy atom. The molecule has 0 aliphatic heterocycles. The molecule has 0 heterocycles. The molecule has 0 bridgehead atoms. The first-order valence-corrected chi connectivity index (χ1v) is 20.2. The number of quaternary nitrogens is 1. The average molecular weight is 701 g/mol. The fraction of sp³-hybridized carbons (Fsp3) is 0.789. The summed E-state index contributed by atoms with van der Waals surface area (Å²) in [4.78, 5) is 35.1. The Bertz CT molecular complexity index is 928. The van der Waals surface area contributed by atoms with E-state index in [1.54, 1.807) is 0 Å². The van der Waals surface area contributed by atoms with Crippen LogP contribution in [0.2, 0.25) is 0 Å². The monoisotopic (exact) mass is 700 g/mol. The highest BCUT2D eigenvalue weighted by Crippen LogP contribution is 2.43. The van der Waals surface area contributed by atoms with Crippen molar-refractivity contribution in [3.63, 3.8) is 0 Å². The molecule has 0 fully saturated rings. The molecule has 10 heteroatoms. The number of carbonyl (C=O) groups is 2. The van der Waals surface area contributed by atoms with Crippen molar-refractivity contribution in [3.05, 3.63) is 36.5 Å². The smallest absolute Gasteiger partial charge is 0.462 e. The number of phosphoric acid groups is 1. The minimum absolute atomic E-state index is 0.0281. The van der Waals surface area contributed by atoms with Crippen LogP contribution >= 0.6 is 7.82 Å². The lowest BCUT2D eigenvalue weighted by Gasteiger charge is -2.24. The number of allylic oxidation sites excluding steroid dienone is 6. The zero-order chi connectivity index (χ0) is 35.8. The third kappa shape index (κ3) is 34.1. The molecule has 0 aliphatic rings. The van der Waals surface area contributed by atoms with Crippen LogP contribution in [0, 0.1) is 0 Å². The van der Waals surface area contributed by atoms with Gasteiger partial charge in [0.1, 0.15) is 19.8 Å². The predicted octanol–water partition coefficient (Wildman–Crippen LogP) is 9.79. The molecule has 0 aromatic heterocycles. The van der Waals surface area contributed by atoms with Crippen LogP contribution in [0.3, 0.4) is 0 Å². The summed E-state index contributed by atoms with van der Waals surface area (Å²) >= 11 is 0. The lowest BCUT2D eigenvalue weighted by atomic mass is 10.1. The molecule has 0 saturated carbocycles. The van der Waals surface area contributed by atoms with Gasteiger partial charge in [0, 0.05) is 12.8 Å². The number of unbranched alkanes of at least 4 members (excludes halogenated alkanes) is 13. The Balaban J connectivity index is 4.47. The second-order valence-corrected chi connectivity index (χ2v) is 15.0. The largest absolute Gasteiger partial charge is 0.472 e. The fourth-order valence-corrected chi connectivity index (χ4v) is 5.47. The summed E-state index contributed by atoms with van der Waals surface area (Å²) in [6.07, 6.45) is 32.0. The van der Waals surface area contributed by atoms with Crippen molar-refractivity contribution in [2.45, 2.75) is 148 Å². The highest BCUT2D eigenvalue weighted by molar-refractivity contribution is 7.47. The molecular weight excluding hydrogens is 629 g/mol. The Hall–Kier alpha value is -1.77. The topological polar surface area (TPSA) is 108 Å². The van der Waals surface area contributed by atoms with Crippen LogP contribution in [-0.2, 0) is 32.7 Å². The second kappa shape index (κ2) is 31.2. The van der Waals surface area contributed by atoms with Gasteiger partial charge in [-0.15, -0.1) is 0 Å². The summed E-state index contributed by atoms with van der Waals surface area (Å²) in [6.45, 7) is 4.24. The van der Waals surface area contributed by atoms with Crippen molar-refractivity contribution in [1.29, 1.82) is 0 Å². The van der Waals surface area contributed by atoms with Crippen molar-refractivity contribution < 1.29 is 42.1 Å². The number of nitrogens with zero attached hydrogens (tertiary/aromatic N) is 1. The molecule has 1 N–H and O–H groups in total. The highest BCUT2D eigenvalue weighted by Gasteiger charge is 2.27. The zero-order valence-corrected chi connectivity index (χ0v) is 32.1. The number of phosphoric ester groups is 1. The standard InChI is InChI=1S/C38H70NO8P/c1-6-8-10-12-14-16-17-18-19-20-21-23-25-27-29-31-38(41)47-36(35-46-48(42,43)45-33-32-39(3,4)5)34-44-37(40)30-28-26-24-22-15-13-11-9-7-2/h8,10,14,16,18-19,36H,6-7,9,11-13,15,17,20-35H2,1-5H3/p+1/b10-8-,16-14-,19-18-. The molecule has 9 nitrogen and oxygen atoms in total. The van der Waals surface area contributed by atoms with Gasteiger partial charge in [-0.05, 0) is 44.9 Å². The Kier molecular flexibility index (Phi) is 30.1. The van der Waals surface area contributed by atoms with E-state index in [-0.39, 0.29) is 32.0 Å². The number of ether oxygens (including phenoxy) is 2. The quantitative estimate of drug-likeness (QED) is 0.0237. The van der Waals surface area contributed by atoms with Gasteiger partial charge >= 0.3 is 19.8 Å². The lowest BCUT2D eigenvalue weighted by Crippen LogP contribution is -2.37. The predicted molar refractivity (Wildman–Crippen MR) is 197 cm³/mol. The van der Waals surface area contributed by atoms with Gasteiger partial charge in [-0.3, -0.25) is 18.6 Å². The van der Waals surface area contributed by atoms with Crippen molar-refractivity contribution >= 4 is 19.8 Å². The zero-order valence-electron chi connectivity index (χ0n) is 31.2. The number of hydrogen-bond acceptors (Lipinski definition) is 7. The van der Waals surface area contributed by atoms with Gasteiger partial charge in [-0.2, -0.15) is 0 Å². The van der Waals surface area contributed by atoms with E-state index in [9.17, 15) is 19.0 Å². The first kappa shape index (κ1) is 46.2. The van der Waals surface area contributed by atoms with Crippen LogP contribution in [0.5, 0.6) is 0 Å². The molecule has 0 radical (unpaired) electrons. The maximum Gasteiger partial charge on any atom is 0.472 e. The molecule has 0 aromatic rings. The van der Waals surface area contributed by atoms with Gasteiger partial charge in [-0.1, -0.05) is 121 Å². The molecule has 2 unspecified atom stereocenters. The molecule has 280 valence electrons. The first-order chi connectivity index (χ1) is 23.0. The SMILES string of the molecule is CC/C=C\C/C=C\C/C=C\CCCCCCCC(=O)OC(COC(=O)CCCCCCCCCCC)COP(=O)(O)OCC[N+](C)(C)C. The summed E-state index contributed by atoms with van der Waals surface area (Å²) in [5.41, 5.74) is 0. The van der Waals surface area contributed by atoms with E-state index in [1.807, 2.05) is 21.1 Å². The summed E-state index contributed by atoms with van der Waals surface area (Å²) in [7, 11) is 1.46. The van der Waals surface area contributed by atoms with E-state index in [0.717, 1.165) is 70.6 Å². The van der Waals surface area contributed by atoms with E-state index in [2.05, 4.69) is 50.3 Å². The van der Waals surface area contributed by atoms with E-state index < -0.39 is 26.5 Å². The number of esters is 2. The van der Waals surface area contributed by atoms with Gasteiger partial charge < -0.3 is 18.9 Å². The number of rotatable bonds is 33.